The smallest absolute Gasteiger partial charge is 0.163 e. The van der Waals surface area contributed by atoms with Gasteiger partial charge in [-0.15, -0.1) is 0 Å². The van der Waals surface area contributed by atoms with Crippen LogP contribution in [0.15, 0.2) is 12.7 Å². The minimum atomic E-state index is 0.899. The summed E-state index contributed by atoms with van der Waals surface area (Å²) in [6.45, 7) is 5.05. The van der Waals surface area contributed by atoms with Gasteiger partial charge in [-0.2, -0.15) is 0 Å². The molecule has 0 fully saturated rings. The highest BCUT2D eigenvalue weighted by atomic mass is 15.1. The van der Waals surface area contributed by atoms with Crippen molar-refractivity contribution < 1.29 is 0 Å². The van der Waals surface area contributed by atoms with Crippen LogP contribution in [0.2, 0.25) is 0 Å². The lowest BCUT2D eigenvalue weighted by Gasteiger charge is -1.98. The number of aryl methyl sites for hydroxylation is 2. The summed E-state index contributed by atoms with van der Waals surface area (Å²) in [4.78, 5) is 12.7. The Morgan fingerprint density at radius 3 is 2.77 bits per heavy atom. The first kappa shape index (κ1) is 8.16. The van der Waals surface area contributed by atoms with E-state index >= 15 is 0 Å². The van der Waals surface area contributed by atoms with E-state index in [2.05, 4.69) is 28.8 Å². The van der Waals surface area contributed by atoms with Crippen molar-refractivity contribution in [1.29, 1.82) is 0 Å². The number of rotatable bonds is 2. The third-order valence-electron chi connectivity index (χ3n) is 2.15. The second-order valence-electron chi connectivity index (χ2n) is 2.88. The molecule has 2 aromatic rings. The molecule has 0 aliphatic carbocycles. The Hall–Kier alpha value is -1.45. The van der Waals surface area contributed by atoms with Gasteiger partial charge < -0.3 is 4.57 Å². The molecule has 13 heavy (non-hydrogen) atoms. The van der Waals surface area contributed by atoms with E-state index < -0.39 is 0 Å². The van der Waals surface area contributed by atoms with Gasteiger partial charge in [0.1, 0.15) is 11.8 Å². The highest BCUT2D eigenvalue weighted by molar-refractivity contribution is 5.72. The largest absolute Gasteiger partial charge is 0.315 e. The molecule has 4 nitrogen and oxygen atoms in total. The first-order valence-corrected chi connectivity index (χ1v) is 4.51. The molecule has 2 heterocycles. The van der Waals surface area contributed by atoms with Gasteiger partial charge in [-0.25, -0.2) is 15.0 Å². The molecule has 0 saturated carbocycles. The van der Waals surface area contributed by atoms with Crippen molar-refractivity contribution >= 4 is 11.2 Å². The number of hydrogen-bond donors (Lipinski definition) is 0. The number of fused-ring (bicyclic) bond motifs is 1. The van der Waals surface area contributed by atoms with Crippen LogP contribution in [-0.2, 0) is 13.0 Å². The maximum atomic E-state index is 4.30. The molecule has 0 saturated heterocycles. The number of imidazole rings is 1. The van der Waals surface area contributed by atoms with Crippen LogP contribution < -0.4 is 0 Å². The standard InChI is InChI=1S/C9H12N4/c1-3-7-8-9(11-5-10-7)13(4-2)6-12-8/h5-6H,3-4H2,1-2H3. The second kappa shape index (κ2) is 3.12. The van der Waals surface area contributed by atoms with Crippen LogP contribution in [0.4, 0.5) is 0 Å². The minimum absolute atomic E-state index is 0.899. The fourth-order valence-electron chi connectivity index (χ4n) is 1.42. The van der Waals surface area contributed by atoms with Crippen molar-refractivity contribution in [2.75, 3.05) is 0 Å². The summed E-state index contributed by atoms with van der Waals surface area (Å²) in [7, 11) is 0. The third-order valence-corrected chi connectivity index (χ3v) is 2.15. The minimum Gasteiger partial charge on any atom is -0.315 e. The van der Waals surface area contributed by atoms with E-state index in [1.807, 2.05) is 10.9 Å². The lowest BCUT2D eigenvalue weighted by molar-refractivity contribution is 0.777. The molecular weight excluding hydrogens is 164 g/mol. The van der Waals surface area contributed by atoms with E-state index in [9.17, 15) is 0 Å². The van der Waals surface area contributed by atoms with Gasteiger partial charge in [0.25, 0.3) is 0 Å². The average Bonchev–Trinajstić information content (AvgIpc) is 2.60. The summed E-state index contributed by atoms with van der Waals surface area (Å²) >= 11 is 0. The maximum Gasteiger partial charge on any atom is 0.163 e. The van der Waals surface area contributed by atoms with E-state index in [1.54, 1.807) is 6.33 Å². The van der Waals surface area contributed by atoms with Crippen molar-refractivity contribution in [2.45, 2.75) is 26.8 Å². The summed E-state index contributed by atoms with van der Waals surface area (Å²) in [5.74, 6) is 0. The predicted octanol–water partition coefficient (Wildman–Crippen LogP) is 1.41. The zero-order valence-corrected chi connectivity index (χ0v) is 7.86. The number of nitrogens with zero attached hydrogens (tertiary/aromatic N) is 4. The van der Waals surface area contributed by atoms with Crippen molar-refractivity contribution in [1.82, 2.24) is 19.5 Å². The van der Waals surface area contributed by atoms with Gasteiger partial charge in [0.2, 0.25) is 0 Å². The molecule has 0 N–H and O–H groups in total. The quantitative estimate of drug-likeness (QED) is 0.694. The van der Waals surface area contributed by atoms with Gasteiger partial charge in [-0.3, -0.25) is 0 Å². The van der Waals surface area contributed by atoms with Crippen molar-refractivity contribution in [2.24, 2.45) is 0 Å². The van der Waals surface area contributed by atoms with Crippen LogP contribution >= 0.6 is 0 Å². The molecule has 0 unspecified atom stereocenters. The zero-order chi connectivity index (χ0) is 9.26. The highest BCUT2D eigenvalue weighted by Gasteiger charge is 2.06. The van der Waals surface area contributed by atoms with Crippen molar-refractivity contribution in [3.8, 4) is 0 Å². The van der Waals surface area contributed by atoms with Gasteiger partial charge in [-0.1, -0.05) is 6.92 Å². The van der Waals surface area contributed by atoms with Crippen LogP contribution in [0, 0.1) is 0 Å². The molecule has 0 bridgehead atoms. The van der Waals surface area contributed by atoms with E-state index in [-0.39, 0.29) is 0 Å². The van der Waals surface area contributed by atoms with Gasteiger partial charge in [0, 0.05) is 6.54 Å². The van der Waals surface area contributed by atoms with Gasteiger partial charge >= 0.3 is 0 Å². The van der Waals surface area contributed by atoms with E-state index in [1.165, 1.54) is 0 Å². The Bertz CT molecular complexity index is 418. The van der Waals surface area contributed by atoms with Crippen LogP contribution in [0.1, 0.15) is 19.5 Å². The molecule has 0 aromatic carbocycles. The molecule has 68 valence electrons. The van der Waals surface area contributed by atoms with Gasteiger partial charge in [-0.05, 0) is 13.3 Å². The highest BCUT2D eigenvalue weighted by Crippen LogP contribution is 2.12. The molecule has 0 amide bonds. The van der Waals surface area contributed by atoms with Gasteiger partial charge in [0.15, 0.2) is 5.65 Å². The topological polar surface area (TPSA) is 43.6 Å². The zero-order valence-electron chi connectivity index (χ0n) is 7.86. The Morgan fingerprint density at radius 1 is 1.23 bits per heavy atom. The molecule has 0 aliphatic rings. The molecule has 4 heteroatoms. The summed E-state index contributed by atoms with van der Waals surface area (Å²) in [6, 6.07) is 0. The predicted molar refractivity (Wildman–Crippen MR) is 50.4 cm³/mol. The summed E-state index contributed by atoms with van der Waals surface area (Å²) in [5.41, 5.74) is 2.90. The molecule has 0 aliphatic heterocycles. The number of hydrogen-bond acceptors (Lipinski definition) is 3. The van der Waals surface area contributed by atoms with Crippen LogP contribution in [0.5, 0.6) is 0 Å². The molecule has 0 radical (unpaired) electrons. The molecule has 2 rings (SSSR count). The Morgan fingerprint density at radius 2 is 2.08 bits per heavy atom. The fourth-order valence-corrected chi connectivity index (χ4v) is 1.42. The monoisotopic (exact) mass is 176 g/mol. The Labute approximate surface area is 76.7 Å². The van der Waals surface area contributed by atoms with E-state index in [0.29, 0.717) is 0 Å². The van der Waals surface area contributed by atoms with Crippen LogP contribution in [0.3, 0.4) is 0 Å². The molecule has 0 atom stereocenters. The maximum absolute atomic E-state index is 4.30. The molecule has 0 spiro atoms. The summed E-state index contributed by atoms with van der Waals surface area (Å²) < 4.78 is 2.02. The SMILES string of the molecule is CCc1ncnc2c1ncn2CC. The van der Waals surface area contributed by atoms with E-state index in [4.69, 9.17) is 0 Å². The average molecular weight is 176 g/mol. The van der Waals surface area contributed by atoms with E-state index in [0.717, 1.165) is 29.8 Å². The van der Waals surface area contributed by atoms with Crippen molar-refractivity contribution in [3.05, 3.63) is 18.3 Å². The van der Waals surface area contributed by atoms with Crippen LogP contribution in [0.25, 0.3) is 11.2 Å². The third kappa shape index (κ3) is 1.18. The second-order valence-corrected chi connectivity index (χ2v) is 2.88. The Kier molecular flexibility index (Phi) is 1.96. The van der Waals surface area contributed by atoms with Crippen molar-refractivity contribution in [3.63, 3.8) is 0 Å². The normalized spacial score (nSPS) is 10.9. The fraction of sp³-hybridized carbons (Fsp3) is 0.444. The lowest BCUT2D eigenvalue weighted by atomic mass is 10.3. The van der Waals surface area contributed by atoms with Gasteiger partial charge in [0.05, 0.1) is 12.0 Å². The first-order valence-electron chi connectivity index (χ1n) is 4.51. The summed E-state index contributed by atoms with van der Waals surface area (Å²) in [5, 5.41) is 0. The summed E-state index contributed by atoms with van der Waals surface area (Å²) in [6.07, 6.45) is 4.33. The molecule has 2 aromatic heterocycles. The van der Waals surface area contributed by atoms with Crippen LogP contribution in [-0.4, -0.2) is 19.5 Å². The first-order chi connectivity index (χ1) is 6.36. The molecular formula is C9H12N4. The Balaban J connectivity index is 2.72. The number of aromatic nitrogens is 4. The lowest BCUT2D eigenvalue weighted by Crippen LogP contribution is -1.95.